The van der Waals surface area contributed by atoms with E-state index in [0.29, 0.717) is 29.6 Å². The molecule has 1 heterocycles. The van der Waals surface area contributed by atoms with Crippen LogP contribution in [0.5, 0.6) is 11.5 Å². The van der Waals surface area contributed by atoms with E-state index in [1.807, 2.05) is 31.2 Å². The van der Waals surface area contributed by atoms with Crippen LogP contribution in [0.25, 0.3) is 0 Å². The van der Waals surface area contributed by atoms with Gasteiger partial charge < -0.3 is 9.84 Å². The Morgan fingerprint density at radius 2 is 2.00 bits per heavy atom. The summed E-state index contributed by atoms with van der Waals surface area (Å²) >= 11 is 1.35. The first-order valence-electron chi connectivity index (χ1n) is 8.21. The first-order valence-corrected chi connectivity index (χ1v) is 9.20. The van der Waals surface area contributed by atoms with Gasteiger partial charge in [0.15, 0.2) is 5.17 Å². The minimum Gasteiger partial charge on any atom is -0.507 e. The number of thioether (sulfide) groups is 1. The van der Waals surface area contributed by atoms with Crippen LogP contribution in [0.4, 0.5) is 0 Å². The summed E-state index contributed by atoms with van der Waals surface area (Å²) in [4.78, 5) is 13.8. The molecule has 0 aromatic heterocycles. The highest BCUT2D eigenvalue weighted by Gasteiger charge is 2.28. The topological polar surface area (TPSA) is 74.5 Å². The molecule has 0 radical (unpaired) electrons. The van der Waals surface area contributed by atoms with Crippen molar-refractivity contribution in [2.24, 2.45) is 10.2 Å². The van der Waals surface area contributed by atoms with E-state index >= 15 is 0 Å². The molecule has 2 aromatic carbocycles. The second-order valence-corrected chi connectivity index (χ2v) is 6.47. The van der Waals surface area contributed by atoms with Gasteiger partial charge in [-0.15, -0.1) is 5.10 Å². The van der Waals surface area contributed by atoms with Crippen molar-refractivity contribution < 1.29 is 14.6 Å². The average molecular weight is 369 g/mol. The van der Waals surface area contributed by atoms with Gasteiger partial charge in [0.25, 0.3) is 0 Å². The molecule has 26 heavy (non-hydrogen) atoms. The first-order chi connectivity index (χ1) is 12.7. The minimum atomic E-state index is 0.000364. The van der Waals surface area contributed by atoms with Gasteiger partial charge in [-0.1, -0.05) is 36.0 Å². The van der Waals surface area contributed by atoms with Gasteiger partial charge in [-0.05, 0) is 36.8 Å². The number of phenols is 1. The van der Waals surface area contributed by atoms with Crippen LogP contribution in [-0.2, 0) is 11.3 Å². The number of rotatable bonds is 6. The van der Waals surface area contributed by atoms with Crippen LogP contribution in [0.2, 0.25) is 0 Å². The van der Waals surface area contributed by atoms with Crippen LogP contribution in [-0.4, -0.2) is 39.7 Å². The van der Waals surface area contributed by atoms with E-state index in [9.17, 15) is 9.90 Å². The molecule has 0 unspecified atom stereocenters. The van der Waals surface area contributed by atoms with Crippen molar-refractivity contribution in [1.82, 2.24) is 4.90 Å². The summed E-state index contributed by atoms with van der Waals surface area (Å²) in [5.41, 5.74) is 1.56. The summed E-state index contributed by atoms with van der Waals surface area (Å²) in [6.07, 6.45) is 1.47. The number of para-hydroxylation sites is 1. The summed E-state index contributed by atoms with van der Waals surface area (Å²) < 4.78 is 5.43. The zero-order valence-corrected chi connectivity index (χ0v) is 15.1. The lowest BCUT2D eigenvalue weighted by Crippen LogP contribution is -2.28. The largest absolute Gasteiger partial charge is 0.507 e. The highest BCUT2D eigenvalue weighted by Crippen LogP contribution is 2.23. The second kappa shape index (κ2) is 8.53. The number of nitrogens with zero attached hydrogens (tertiary/aromatic N) is 3. The lowest BCUT2D eigenvalue weighted by atomic mass is 10.2. The van der Waals surface area contributed by atoms with E-state index in [1.54, 1.807) is 29.2 Å². The molecule has 1 N–H and O–H groups in total. The number of hydrogen-bond donors (Lipinski definition) is 1. The van der Waals surface area contributed by atoms with E-state index in [-0.39, 0.29) is 11.7 Å². The monoisotopic (exact) mass is 369 g/mol. The summed E-state index contributed by atoms with van der Waals surface area (Å²) in [6, 6.07) is 14.5. The fraction of sp³-hybridized carbons (Fsp3) is 0.211. The number of amidine groups is 1. The van der Waals surface area contributed by atoms with Gasteiger partial charge in [0, 0.05) is 5.56 Å². The number of hydrogen-bond acceptors (Lipinski definition) is 6. The molecule has 1 aliphatic rings. The Kier molecular flexibility index (Phi) is 5.91. The minimum absolute atomic E-state index is 0.000364. The Morgan fingerprint density at radius 3 is 2.73 bits per heavy atom. The Hall–Kier alpha value is -2.80. The predicted octanol–water partition coefficient (Wildman–Crippen LogP) is 3.26. The molecule has 0 bridgehead atoms. The fourth-order valence-electron chi connectivity index (χ4n) is 2.40. The highest BCUT2D eigenvalue weighted by molar-refractivity contribution is 8.15. The lowest BCUT2D eigenvalue weighted by molar-refractivity contribution is -0.124. The number of aromatic hydroxyl groups is 1. The standard InChI is InChI=1S/C19H19N3O3S/c1-2-25-16-9-7-14(8-10-16)12-22-18(24)13-26-19(22)21-20-11-15-5-3-4-6-17(15)23/h3-11,23H,2,12-13H2,1H3. The zero-order chi connectivity index (χ0) is 18.4. The SMILES string of the molecule is CCOc1ccc(CN2C(=O)CSC2=NN=Cc2ccccc2O)cc1. The van der Waals surface area contributed by atoms with Crippen LogP contribution < -0.4 is 4.74 Å². The van der Waals surface area contributed by atoms with E-state index in [2.05, 4.69) is 10.2 Å². The van der Waals surface area contributed by atoms with Gasteiger partial charge in [-0.25, -0.2) is 0 Å². The molecule has 6 nitrogen and oxygen atoms in total. The first kappa shape index (κ1) is 18.0. The second-order valence-electron chi connectivity index (χ2n) is 5.53. The maximum absolute atomic E-state index is 12.2. The molecule has 1 amide bonds. The molecular formula is C19H19N3O3S. The van der Waals surface area contributed by atoms with Crippen molar-refractivity contribution >= 4 is 29.1 Å². The Balaban J connectivity index is 1.71. The number of carbonyl (C=O) groups excluding carboxylic acids is 1. The van der Waals surface area contributed by atoms with Crippen LogP contribution in [0.1, 0.15) is 18.1 Å². The average Bonchev–Trinajstić information content (AvgIpc) is 2.99. The van der Waals surface area contributed by atoms with Crippen molar-refractivity contribution in [1.29, 1.82) is 0 Å². The third-order valence-corrected chi connectivity index (χ3v) is 4.66. The molecule has 3 rings (SSSR count). The molecule has 2 aromatic rings. The van der Waals surface area contributed by atoms with Crippen molar-refractivity contribution in [2.75, 3.05) is 12.4 Å². The van der Waals surface area contributed by atoms with Gasteiger partial charge in [-0.3, -0.25) is 9.69 Å². The molecule has 0 spiro atoms. The summed E-state index contributed by atoms with van der Waals surface area (Å²) in [7, 11) is 0. The van der Waals surface area contributed by atoms with E-state index in [4.69, 9.17) is 4.74 Å². The molecule has 1 aliphatic heterocycles. The van der Waals surface area contributed by atoms with Crippen LogP contribution in [0, 0.1) is 0 Å². The van der Waals surface area contributed by atoms with Crippen LogP contribution >= 0.6 is 11.8 Å². The van der Waals surface area contributed by atoms with Crippen molar-refractivity contribution in [3.05, 3.63) is 59.7 Å². The van der Waals surface area contributed by atoms with Crippen molar-refractivity contribution in [2.45, 2.75) is 13.5 Å². The van der Waals surface area contributed by atoms with Gasteiger partial charge in [0.1, 0.15) is 11.5 Å². The number of amides is 1. The number of carbonyl (C=O) groups is 1. The van der Waals surface area contributed by atoms with Crippen molar-refractivity contribution in [3.8, 4) is 11.5 Å². The van der Waals surface area contributed by atoms with E-state index in [0.717, 1.165) is 11.3 Å². The zero-order valence-electron chi connectivity index (χ0n) is 14.3. The normalized spacial score (nSPS) is 16.0. The molecule has 0 aliphatic carbocycles. The van der Waals surface area contributed by atoms with Gasteiger partial charge in [0.05, 0.1) is 25.1 Å². The third-order valence-electron chi connectivity index (χ3n) is 3.71. The van der Waals surface area contributed by atoms with Gasteiger partial charge in [0.2, 0.25) is 5.91 Å². The summed E-state index contributed by atoms with van der Waals surface area (Å²) in [6.45, 7) is 2.99. The number of ether oxygens (including phenoxy) is 1. The quantitative estimate of drug-likeness (QED) is 0.626. The molecule has 134 valence electrons. The molecule has 1 fully saturated rings. The Bertz CT molecular complexity index is 834. The van der Waals surface area contributed by atoms with Gasteiger partial charge >= 0.3 is 0 Å². The molecule has 0 atom stereocenters. The maximum atomic E-state index is 12.2. The molecule has 1 saturated heterocycles. The number of phenolic OH excluding ortho intramolecular Hbond substituents is 1. The van der Waals surface area contributed by atoms with Crippen molar-refractivity contribution in [3.63, 3.8) is 0 Å². The molecule has 0 saturated carbocycles. The maximum Gasteiger partial charge on any atom is 0.239 e. The predicted molar refractivity (Wildman–Crippen MR) is 104 cm³/mol. The van der Waals surface area contributed by atoms with E-state index < -0.39 is 0 Å². The van der Waals surface area contributed by atoms with E-state index in [1.165, 1.54) is 18.0 Å². The highest BCUT2D eigenvalue weighted by atomic mass is 32.2. The molecule has 7 heteroatoms. The fourth-order valence-corrected chi connectivity index (χ4v) is 3.24. The summed E-state index contributed by atoms with van der Waals surface area (Å²) in [5.74, 6) is 1.29. The number of benzene rings is 2. The van der Waals surface area contributed by atoms with Gasteiger partial charge in [-0.2, -0.15) is 5.10 Å². The van der Waals surface area contributed by atoms with Crippen LogP contribution in [0.3, 0.4) is 0 Å². The lowest BCUT2D eigenvalue weighted by Gasteiger charge is -2.15. The summed E-state index contributed by atoms with van der Waals surface area (Å²) in [5, 5.41) is 18.5. The Labute approximate surface area is 156 Å². The Morgan fingerprint density at radius 1 is 1.23 bits per heavy atom. The molecular weight excluding hydrogens is 350 g/mol. The third kappa shape index (κ3) is 4.43. The smallest absolute Gasteiger partial charge is 0.239 e. The van der Waals surface area contributed by atoms with Crippen LogP contribution in [0.15, 0.2) is 58.7 Å².